The Balaban J connectivity index is 2.89. The standard InChI is InChI=1S/C11H19ClN2O/c1-5-6-11(3,15)7-9-8(2)13-14(4)10(9)12/h15H,5-7H2,1-4H3. The van der Waals surface area contributed by atoms with E-state index in [4.69, 9.17) is 11.6 Å². The number of nitrogens with zero attached hydrogens (tertiary/aromatic N) is 2. The Hall–Kier alpha value is -0.540. The molecule has 0 fully saturated rings. The quantitative estimate of drug-likeness (QED) is 0.863. The number of aromatic nitrogens is 2. The van der Waals surface area contributed by atoms with Gasteiger partial charge in [0.25, 0.3) is 0 Å². The zero-order chi connectivity index (χ0) is 11.6. The van der Waals surface area contributed by atoms with E-state index < -0.39 is 5.60 Å². The van der Waals surface area contributed by atoms with E-state index in [-0.39, 0.29) is 0 Å². The molecule has 0 amide bonds. The fourth-order valence-corrected chi connectivity index (χ4v) is 2.12. The smallest absolute Gasteiger partial charge is 0.130 e. The van der Waals surface area contributed by atoms with E-state index in [1.807, 2.05) is 20.9 Å². The third-order valence-corrected chi connectivity index (χ3v) is 3.09. The van der Waals surface area contributed by atoms with Gasteiger partial charge in [-0.1, -0.05) is 24.9 Å². The molecule has 0 aliphatic rings. The molecule has 1 rings (SSSR count). The summed E-state index contributed by atoms with van der Waals surface area (Å²) in [6.45, 7) is 5.83. The molecule has 0 saturated heterocycles. The molecule has 1 N–H and O–H groups in total. The molecule has 0 aliphatic heterocycles. The molecule has 0 bridgehead atoms. The van der Waals surface area contributed by atoms with Crippen LogP contribution in [0, 0.1) is 6.92 Å². The minimum absolute atomic E-state index is 0.569. The molecule has 0 aliphatic carbocycles. The van der Waals surface area contributed by atoms with Crippen molar-refractivity contribution in [3.63, 3.8) is 0 Å². The van der Waals surface area contributed by atoms with E-state index in [0.29, 0.717) is 11.6 Å². The fourth-order valence-electron chi connectivity index (χ4n) is 1.88. The minimum atomic E-state index is -0.688. The zero-order valence-electron chi connectivity index (χ0n) is 9.84. The highest BCUT2D eigenvalue weighted by Crippen LogP contribution is 2.26. The molecule has 1 aromatic rings. The van der Waals surface area contributed by atoms with Crippen molar-refractivity contribution in [2.24, 2.45) is 7.05 Å². The molecular formula is C11H19ClN2O. The van der Waals surface area contributed by atoms with Crippen molar-refractivity contribution in [1.82, 2.24) is 9.78 Å². The van der Waals surface area contributed by atoms with Crippen LogP contribution in [-0.2, 0) is 13.5 Å². The molecule has 1 aromatic heterocycles. The van der Waals surface area contributed by atoms with Gasteiger partial charge in [0.05, 0.1) is 11.3 Å². The van der Waals surface area contributed by atoms with Crippen LogP contribution in [-0.4, -0.2) is 20.5 Å². The molecule has 1 atom stereocenters. The Labute approximate surface area is 96.1 Å². The monoisotopic (exact) mass is 230 g/mol. The summed E-state index contributed by atoms with van der Waals surface area (Å²) in [5.74, 6) is 0. The normalized spacial score (nSPS) is 15.3. The number of hydrogen-bond donors (Lipinski definition) is 1. The molecular weight excluding hydrogens is 212 g/mol. The lowest BCUT2D eigenvalue weighted by Crippen LogP contribution is -2.27. The number of rotatable bonds is 4. The van der Waals surface area contributed by atoms with Crippen molar-refractivity contribution >= 4 is 11.6 Å². The van der Waals surface area contributed by atoms with E-state index in [1.165, 1.54) is 0 Å². The fraction of sp³-hybridized carbons (Fsp3) is 0.727. The number of aliphatic hydroxyl groups is 1. The van der Waals surface area contributed by atoms with Gasteiger partial charge in [0.1, 0.15) is 5.15 Å². The van der Waals surface area contributed by atoms with Crippen LogP contribution in [0.25, 0.3) is 0 Å². The summed E-state index contributed by atoms with van der Waals surface area (Å²) in [4.78, 5) is 0. The first-order valence-corrected chi connectivity index (χ1v) is 5.65. The second kappa shape index (κ2) is 4.54. The molecule has 0 spiro atoms. The van der Waals surface area contributed by atoms with Crippen molar-refractivity contribution in [3.05, 3.63) is 16.4 Å². The molecule has 1 unspecified atom stereocenters. The van der Waals surface area contributed by atoms with E-state index in [9.17, 15) is 5.11 Å². The van der Waals surface area contributed by atoms with Gasteiger partial charge in [0, 0.05) is 19.0 Å². The number of aryl methyl sites for hydroxylation is 2. The van der Waals surface area contributed by atoms with Crippen LogP contribution in [0.4, 0.5) is 0 Å². The van der Waals surface area contributed by atoms with Crippen LogP contribution < -0.4 is 0 Å². The number of halogens is 1. The maximum atomic E-state index is 10.1. The summed E-state index contributed by atoms with van der Waals surface area (Å²) in [6, 6.07) is 0. The Morgan fingerprint density at radius 2 is 2.13 bits per heavy atom. The minimum Gasteiger partial charge on any atom is -0.390 e. The van der Waals surface area contributed by atoms with E-state index in [0.717, 1.165) is 24.1 Å². The van der Waals surface area contributed by atoms with E-state index >= 15 is 0 Å². The van der Waals surface area contributed by atoms with Crippen LogP contribution in [0.3, 0.4) is 0 Å². The summed E-state index contributed by atoms with van der Waals surface area (Å²) in [5.41, 5.74) is 1.17. The van der Waals surface area contributed by atoms with Crippen molar-refractivity contribution in [3.8, 4) is 0 Å². The first-order valence-electron chi connectivity index (χ1n) is 5.27. The Bertz CT molecular complexity index is 345. The average molecular weight is 231 g/mol. The summed E-state index contributed by atoms with van der Waals surface area (Å²) in [5, 5.41) is 15.0. The highest BCUT2D eigenvalue weighted by molar-refractivity contribution is 6.30. The van der Waals surface area contributed by atoms with Gasteiger partial charge in [-0.05, 0) is 20.3 Å². The maximum absolute atomic E-state index is 10.1. The summed E-state index contributed by atoms with van der Waals surface area (Å²) in [6.07, 6.45) is 2.31. The maximum Gasteiger partial charge on any atom is 0.130 e. The van der Waals surface area contributed by atoms with Gasteiger partial charge < -0.3 is 5.11 Å². The topological polar surface area (TPSA) is 38.1 Å². The van der Waals surface area contributed by atoms with E-state index in [1.54, 1.807) is 4.68 Å². The molecule has 15 heavy (non-hydrogen) atoms. The van der Waals surface area contributed by atoms with Crippen LogP contribution in [0.5, 0.6) is 0 Å². The lowest BCUT2D eigenvalue weighted by atomic mass is 9.92. The first kappa shape index (κ1) is 12.5. The van der Waals surface area contributed by atoms with Crippen LogP contribution in [0.2, 0.25) is 5.15 Å². The summed E-state index contributed by atoms with van der Waals surface area (Å²) >= 11 is 6.11. The highest BCUT2D eigenvalue weighted by atomic mass is 35.5. The molecule has 0 radical (unpaired) electrons. The molecule has 3 nitrogen and oxygen atoms in total. The highest BCUT2D eigenvalue weighted by Gasteiger charge is 2.24. The second-order valence-electron chi connectivity index (χ2n) is 4.40. The van der Waals surface area contributed by atoms with Crippen molar-refractivity contribution in [2.75, 3.05) is 0 Å². The number of hydrogen-bond acceptors (Lipinski definition) is 2. The summed E-state index contributed by atoms with van der Waals surface area (Å²) in [7, 11) is 1.81. The lowest BCUT2D eigenvalue weighted by molar-refractivity contribution is 0.0504. The Morgan fingerprint density at radius 1 is 1.53 bits per heavy atom. The predicted octanol–water partition coefficient (Wildman–Crippen LogP) is 2.48. The largest absolute Gasteiger partial charge is 0.390 e. The molecule has 86 valence electrons. The Morgan fingerprint density at radius 3 is 2.53 bits per heavy atom. The van der Waals surface area contributed by atoms with Gasteiger partial charge in [-0.3, -0.25) is 4.68 Å². The van der Waals surface area contributed by atoms with Crippen molar-refractivity contribution in [2.45, 2.75) is 45.6 Å². The van der Waals surface area contributed by atoms with Crippen molar-refractivity contribution in [1.29, 1.82) is 0 Å². The van der Waals surface area contributed by atoms with Gasteiger partial charge >= 0.3 is 0 Å². The van der Waals surface area contributed by atoms with Gasteiger partial charge in [-0.25, -0.2) is 0 Å². The molecule has 0 saturated carbocycles. The van der Waals surface area contributed by atoms with Crippen molar-refractivity contribution < 1.29 is 5.11 Å². The van der Waals surface area contributed by atoms with Gasteiger partial charge in [0.15, 0.2) is 0 Å². The first-order chi connectivity index (χ1) is 6.87. The molecule has 0 aromatic carbocycles. The average Bonchev–Trinajstić information content (AvgIpc) is 2.32. The third-order valence-electron chi connectivity index (χ3n) is 2.62. The summed E-state index contributed by atoms with van der Waals surface area (Å²) < 4.78 is 1.65. The lowest BCUT2D eigenvalue weighted by Gasteiger charge is -2.22. The molecule has 4 heteroatoms. The van der Waals surface area contributed by atoms with Gasteiger partial charge in [-0.15, -0.1) is 0 Å². The molecule has 1 heterocycles. The van der Waals surface area contributed by atoms with Crippen LogP contribution >= 0.6 is 11.6 Å². The SMILES string of the molecule is CCCC(C)(O)Cc1c(C)nn(C)c1Cl. The third kappa shape index (κ3) is 2.95. The second-order valence-corrected chi connectivity index (χ2v) is 4.76. The van der Waals surface area contributed by atoms with Crippen LogP contribution in [0.15, 0.2) is 0 Å². The van der Waals surface area contributed by atoms with Gasteiger partial charge in [0.2, 0.25) is 0 Å². The predicted molar refractivity (Wildman–Crippen MR) is 62.2 cm³/mol. The Kier molecular flexibility index (Phi) is 3.79. The zero-order valence-corrected chi connectivity index (χ0v) is 10.6. The van der Waals surface area contributed by atoms with Crippen LogP contribution in [0.1, 0.15) is 37.9 Å². The van der Waals surface area contributed by atoms with Gasteiger partial charge in [-0.2, -0.15) is 5.10 Å². The van der Waals surface area contributed by atoms with E-state index in [2.05, 4.69) is 12.0 Å².